The fourth-order valence-corrected chi connectivity index (χ4v) is 2.53. The molecule has 98 valence electrons. The van der Waals surface area contributed by atoms with Crippen molar-refractivity contribution in [2.45, 2.75) is 0 Å². The number of hydrogen-bond acceptors (Lipinski definition) is 3. The van der Waals surface area contributed by atoms with Crippen LogP contribution in [-0.2, 0) is 0 Å². The molecule has 0 aliphatic heterocycles. The zero-order valence-electron chi connectivity index (χ0n) is 9.64. The largest absolute Gasteiger partial charge is 0.507 e. The van der Waals surface area contributed by atoms with E-state index < -0.39 is 0 Å². The number of halogens is 2. The smallest absolute Gasteiger partial charge is 0.122 e. The van der Waals surface area contributed by atoms with Gasteiger partial charge in [-0.1, -0.05) is 34.4 Å². The third kappa shape index (κ3) is 3.01. The second-order valence-corrected chi connectivity index (χ2v) is 5.31. The van der Waals surface area contributed by atoms with E-state index in [2.05, 4.69) is 14.4 Å². The van der Waals surface area contributed by atoms with Gasteiger partial charge < -0.3 is 10.3 Å². The summed E-state index contributed by atoms with van der Waals surface area (Å²) in [4.78, 5) is 0. The van der Waals surface area contributed by atoms with Crippen molar-refractivity contribution in [3.63, 3.8) is 0 Å². The Kier molecular flexibility index (Phi) is 4.31. The normalized spacial score (nSPS) is 11.1. The average Bonchev–Trinajstić information content (AvgIpc) is 2.37. The fraction of sp³-hybridized carbons (Fsp3) is 0. The van der Waals surface area contributed by atoms with E-state index in [1.807, 2.05) is 6.07 Å². The van der Waals surface area contributed by atoms with Crippen LogP contribution in [0.5, 0.6) is 5.75 Å². The molecule has 19 heavy (non-hydrogen) atoms. The molecule has 0 bridgehead atoms. The minimum absolute atomic E-state index is 0.204. The maximum absolute atomic E-state index is 9.50. The van der Waals surface area contributed by atoms with Crippen molar-refractivity contribution in [1.29, 1.82) is 0 Å². The van der Waals surface area contributed by atoms with Gasteiger partial charge in [0, 0.05) is 10.9 Å². The van der Waals surface area contributed by atoms with Gasteiger partial charge in [0.15, 0.2) is 0 Å². The molecule has 2 aromatic carbocycles. The summed E-state index contributed by atoms with van der Waals surface area (Å²) in [6.07, 6.45) is 1.19. The molecule has 3 nitrogen and oxygen atoms in total. The van der Waals surface area contributed by atoms with Crippen molar-refractivity contribution >= 4 is 44.0 Å². The van der Waals surface area contributed by atoms with Gasteiger partial charge in [0.1, 0.15) is 5.75 Å². The van der Waals surface area contributed by atoms with Gasteiger partial charge in [-0.3, -0.25) is 0 Å². The lowest BCUT2D eigenvalue weighted by Gasteiger charge is -2.08. The van der Waals surface area contributed by atoms with Gasteiger partial charge in [0.05, 0.1) is 16.3 Å². The summed E-state index contributed by atoms with van der Waals surface area (Å²) in [6, 6.07) is 8.62. The summed E-state index contributed by atoms with van der Waals surface area (Å²) < 4.78 is 0. The summed E-state index contributed by atoms with van der Waals surface area (Å²) in [6.45, 7) is 0. The monoisotopic (exact) mass is 313 g/mol. The van der Waals surface area contributed by atoms with Crippen molar-refractivity contribution in [3.05, 3.63) is 45.9 Å². The molecular formula is C13H10Cl2NO2P. The van der Waals surface area contributed by atoms with Gasteiger partial charge in [0.2, 0.25) is 0 Å². The number of phenolic OH excluding ortho intramolecular Hbond substituents is 1. The second-order valence-electron chi connectivity index (χ2n) is 3.87. The van der Waals surface area contributed by atoms with Gasteiger partial charge in [-0.05, 0) is 35.4 Å². The molecule has 0 fully saturated rings. The van der Waals surface area contributed by atoms with Crippen molar-refractivity contribution in [2.75, 3.05) is 0 Å². The minimum Gasteiger partial charge on any atom is -0.507 e. The molecular weight excluding hydrogens is 304 g/mol. The molecule has 2 rings (SSSR count). The van der Waals surface area contributed by atoms with Crippen LogP contribution in [0.2, 0.25) is 10.0 Å². The highest BCUT2D eigenvalue weighted by molar-refractivity contribution is 7.27. The number of benzene rings is 2. The van der Waals surface area contributed by atoms with E-state index in [1.165, 1.54) is 6.21 Å². The van der Waals surface area contributed by atoms with Crippen molar-refractivity contribution in [1.82, 2.24) is 0 Å². The molecule has 0 aliphatic rings. The van der Waals surface area contributed by atoms with E-state index in [1.54, 1.807) is 24.3 Å². The first kappa shape index (κ1) is 14.1. The Morgan fingerprint density at radius 3 is 2.21 bits per heavy atom. The molecule has 2 aromatic rings. The molecule has 6 heteroatoms. The van der Waals surface area contributed by atoms with Crippen LogP contribution in [0.25, 0.3) is 11.1 Å². The molecule has 0 aliphatic carbocycles. The Bertz CT molecular complexity index is 636. The van der Waals surface area contributed by atoms with E-state index >= 15 is 0 Å². The summed E-state index contributed by atoms with van der Waals surface area (Å²) in [5.74, 6) is 0.204. The molecule has 0 spiro atoms. The van der Waals surface area contributed by atoms with Crippen LogP contribution < -0.4 is 5.30 Å². The lowest BCUT2D eigenvalue weighted by Crippen LogP contribution is -1.93. The van der Waals surface area contributed by atoms with Gasteiger partial charge in [-0.2, -0.15) is 0 Å². The van der Waals surface area contributed by atoms with Gasteiger partial charge >= 0.3 is 0 Å². The number of phenols is 1. The SMILES string of the molecule is O/N=C/c1c(Cl)cc(-c2ccc(O)c(P)c2)cc1Cl. The van der Waals surface area contributed by atoms with Gasteiger partial charge in [0.25, 0.3) is 0 Å². The Labute approximate surface area is 122 Å². The molecule has 0 aromatic heterocycles. The number of oxime groups is 1. The topological polar surface area (TPSA) is 52.8 Å². The maximum Gasteiger partial charge on any atom is 0.122 e. The van der Waals surface area contributed by atoms with Crippen LogP contribution >= 0.6 is 32.4 Å². The minimum atomic E-state index is 0.204. The zero-order chi connectivity index (χ0) is 14.0. The molecule has 1 unspecified atom stereocenters. The summed E-state index contributed by atoms with van der Waals surface area (Å²) in [7, 11) is 2.45. The van der Waals surface area contributed by atoms with Gasteiger partial charge in [-0.25, -0.2) is 0 Å². The zero-order valence-corrected chi connectivity index (χ0v) is 12.3. The predicted octanol–water partition coefficient (Wildman–Crippen LogP) is 3.67. The average molecular weight is 314 g/mol. The maximum atomic E-state index is 9.50. The van der Waals surface area contributed by atoms with Crippen LogP contribution in [0.1, 0.15) is 5.56 Å². The molecule has 0 heterocycles. The summed E-state index contributed by atoms with van der Waals surface area (Å²) in [5.41, 5.74) is 2.15. The van der Waals surface area contributed by atoms with Crippen LogP contribution in [-0.4, -0.2) is 16.5 Å². The first-order valence-corrected chi connectivity index (χ1v) is 6.61. The molecule has 0 saturated carbocycles. The lowest BCUT2D eigenvalue weighted by molar-refractivity contribution is 0.322. The fourth-order valence-electron chi connectivity index (χ4n) is 1.67. The van der Waals surface area contributed by atoms with Crippen molar-refractivity contribution in [2.24, 2.45) is 5.16 Å². The Morgan fingerprint density at radius 2 is 1.68 bits per heavy atom. The van der Waals surface area contributed by atoms with E-state index in [4.69, 9.17) is 28.4 Å². The standard InChI is InChI=1S/C13H10Cl2NO2P/c14-10-3-8(4-11(15)9(10)6-16-18)7-1-2-12(17)13(19)5-7/h1-6,17-18H,19H2/b16-6+. The molecule has 1 atom stereocenters. The second kappa shape index (κ2) is 5.79. The van der Waals surface area contributed by atoms with E-state index in [9.17, 15) is 5.11 Å². The number of rotatable bonds is 2. The quantitative estimate of drug-likeness (QED) is 0.384. The highest BCUT2D eigenvalue weighted by atomic mass is 35.5. The van der Waals surface area contributed by atoms with Crippen molar-refractivity contribution in [3.8, 4) is 16.9 Å². The molecule has 0 amide bonds. The highest BCUT2D eigenvalue weighted by Gasteiger charge is 2.09. The Hall–Kier alpha value is -1.28. The summed E-state index contributed by atoms with van der Waals surface area (Å²) in [5, 5.41) is 22.4. The van der Waals surface area contributed by atoms with Gasteiger partial charge in [-0.15, -0.1) is 9.24 Å². The van der Waals surface area contributed by atoms with Crippen molar-refractivity contribution < 1.29 is 10.3 Å². The third-order valence-electron chi connectivity index (χ3n) is 2.63. The van der Waals surface area contributed by atoms with E-state index in [0.29, 0.717) is 20.9 Å². The number of hydrogen-bond donors (Lipinski definition) is 2. The Morgan fingerprint density at radius 1 is 1.05 bits per heavy atom. The highest BCUT2D eigenvalue weighted by Crippen LogP contribution is 2.31. The van der Waals surface area contributed by atoms with E-state index in [0.717, 1.165) is 11.1 Å². The number of nitrogens with zero attached hydrogens (tertiary/aromatic N) is 1. The molecule has 2 N–H and O–H groups in total. The van der Waals surface area contributed by atoms with Crippen LogP contribution in [0.15, 0.2) is 35.5 Å². The van der Waals surface area contributed by atoms with E-state index in [-0.39, 0.29) is 5.75 Å². The van der Waals surface area contributed by atoms with Crippen LogP contribution in [0.4, 0.5) is 0 Å². The van der Waals surface area contributed by atoms with Crippen LogP contribution in [0.3, 0.4) is 0 Å². The van der Waals surface area contributed by atoms with Crippen LogP contribution in [0, 0.1) is 0 Å². The predicted molar refractivity (Wildman–Crippen MR) is 82.3 cm³/mol. The third-order valence-corrected chi connectivity index (χ3v) is 3.71. The first-order valence-electron chi connectivity index (χ1n) is 5.28. The molecule has 0 radical (unpaired) electrons. The summed E-state index contributed by atoms with van der Waals surface area (Å²) >= 11 is 12.2. The molecule has 0 saturated heterocycles. The lowest BCUT2D eigenvalue weighted by atomic mass is 10.0. The number of aromatic hydroxyl groups is 1. The first-order chi connectivity index (χ1) is 9.02. The Balaban J connectivity index is 2.54.